The standard InChI is InChI=1S/C15H29N3O/c1-12-6-10-18(11-7-12)15(19)14(16)3-2-13-4-8-17-9-5-13/h12-14,17H,2-11,16H2,1H3. The highest BCUT2D eigenvalue weighted by Gasteiger charge is 2.25. The van der Waals surface area contributed by atoms with E-state index in [0.717, 1.165) is 63.7 Å². The average Bonchev–Trinajstić information content (AvgIpc) is 2.46. The Labute approximate surface area is 117 Å². The number of rotatable bonds is 4. The van der Waals surface area contributed by atoms with Gasteiger partial charge in [-0.3, -0.25) is 4.79 Å². The SMILES string of the molecule is CC1CCN(C(=O)C(N)CCC2CCNCC2)CC1. The molecule has 2 heterocycles. The van der Waals surface area contributed by atoms with Gasteiger partial charge in [0, 0.05) is 13.1 Å². The lowest BCUT2D eigenvalue weighted by Crippen LogP contribution is -2.47. The zero-order chi connectivity index (χ0) is 13.7. The minimum absolute atomic E-state index is 0.181. The van der Waals surface area contributed by atoms with Gasteiger partial charge in [0.1, 0.15) is 0 Å². The number of likely N-dealkylation sites (tertiary alicyclic amines) is 1. The molecule has 110 valence electrons. The first-order valence-electron chi connectivity index (χ1n) is 7.92. The lowest BCUT2D eigenvalue weighted by Gasteiger charge is -2.32. The number of carbonyl (C=O) groups excluding carboxylic acids is 1. The fourth-order valence-electron chi connectivity index (χ4n) is 3.17. The number of piperidine rings is 2. The number of hydrogen-bond acceptors (Lipinski definition) is 3. The largest absolute Gasteiger partial charge is 0.341 e. The van der Waals surface area contributed by atoms with Crippen LogP contribution in [0.2, 0.25) is 0 Å². The van der Waals surface area contributed by atoms with Gasteiger partial charge in [0.15, 0.2) is 0 Å². The van der Waals surface area contributed by atoms with E-state index in [1.807, 2.05) is 4.90 Å². The molecule has 4 heteroatoms. The Hall–Kier alpha value is -0.610. The Morgan fingerprint density at radius 1 is 1.26 bits per heavy atom. The van der Waals surface area contributed by atoms with Gasteiger partial charge in [0.05, 0.1) is 6.04 Å². The first-order chi connectivity index (χ1) is 9.16. The molecule has 0 aliphatic carbocycles. The summed E-state index contributed by atoms with van der Waals surface area (Å²) in [6, 6.07) is -0.275. The average molecular weight is 267 g/mol. The third-order valence-corrected chi connectivity index (χ3v) is 4.76. The van der Waals surface area contributed by atoms with E-state index in [1.165, 1.54) is 12.8 Å². The molecular weight excluding hydrogens is 238 g/mol. The van der Waals surface area contributed by atoms with Gasteiger partial charge >= 0.3 is 0 Å². The highest BCUT2D eigenvalue weighted by molar-refractivity contribution is 5.81. The molecule has 3 N–H and O–H groups in total. The molecule has 2 aliphatic heterocycles. The Balaban J connectivity index is 1.69. The second kappa shape index (κ2) is 7.25. The van der Waals surface area contributed by atoms with Crippen LogP contribution < -0.4 is 11.1 Å². The molecule has 0 aromatic carbocycles. The minimum atomic E-state index is -0.275. The van der Waals surface area contributed by atoms with Crippen molar-refractivity contribution in [1.82, 2.24) is 10.2 Å². The second-order valence-corrected chi connectivity index (χ2v) is 6.39. The normalized spacial score (nSPS) is 24.4. The van der Waals surface area contributed by atoms with E-state index in [0.29, 0.717) is 0 Å². The summed E-state index contributed by atoms with van der Waals surface area (Å²) in [6.07, 6.45) is 6.71. The smallest absolute Gasteiger partial charge is 0.239 e. The molecule has 4 nitrogen and oxygen atoms in total. The van der Waals surface area contributed by atoms with Crippen LogP contribution in [0, 0.1) is 11.8 Å². The van der Waals surface area contributed by atoms with Gasteiger partial charge < -0.3 is 16.0 Å². The van der Waals surface area contributed by atoms with Crippen LogP contribution >= 0.6 is 0 Å². The minimum Gasteiger partial charge on any atom is -0.341 e. The van der Waals surface area contributed by atoms with Crippen LogP contribution in [-0.4, -0.2) is 43.0 Å². The van der Waals surface area contributed by atoms with Crippen LogP contribution in [0.3, 0.4) is 0 Å². The van der Waals surface area contributed by atoms with Crippen molar-refractivity contribution in [2.24, 2.45) is 17.6 Å². The lowest BCUT2D eigenvalue weighted by molar-refractivity contribution is -0.134. The summed E-state index contributed by atoms with van der Waals surface area (Å²) in [6.45, 7) is 6.32. The maximum atomic E-state index is 12.3. The fourth-order valence-corrected chi connectivity index (χ4v) is 3.17. The Kier molecular flexibility index (Phi) is 5.64. The summed E-state index contributed by atoms with van der Waals surface area (Å²) in [5, 5.41) is 3.37. The van der Waals surface area contributed by atoms with Crippen molar-refractivity contribution >= 4 is 5.91 Å². The van der Waals surface area contributed by atoms with Gasteiger partial charge in [0.25, 0.3) is 0 Å². The molecule has 0 saturated carbocycles. The molecule has 0 bridgehead atoms. The number of nitrogens with two attached hydrogens (primary N) is 1. The van der Waals surface area contributed by atoms with Crippen LogP contribution in [0.5, 0.6) is 0 Å². The number of nitrogens with zero attached hydrogens (tertiary/aromatic N) is 1. The van der Waals surface area contributed by atoms with Gasteiger partial charge in [-0.05, 0) is 63.5 Å². The molecule has 1 amide bonds. The van der Waals surface area contributed by atoms with Crippen molar-refractivity contribution in [3.63, 3.8) is 0 Å². The van der Waals surface area contributed by atoms with Gasteiger partial charge in [-0.1, -0.05) is 6.92 Å². The number of amides is 1. The van der Waals surface area contributed by atoms with Gasteiger partial charge in [0.2, 0.25) is 5.91 Å². The van der Waals surface area contributed by atoms with E-state index in [4.69, 9.17) is 5.73 Å². The molecule has 0 spiro atoms. The summed E-state index contributed by atoms with van der Waals surface area (Å²) in [7, 11) is 0. The highest BCUT2D eigenvalue weighted by atomic mass is 16.2. The molecule has 0 radical (unpaired) electrons. The molecule has 2 rings (SSSR count). The van der Waals surface area contributed by atoms with Crippen molar-refractivity contribution in [2.45, 2.75) is 51.5 Å². The Morgan fingerprint density at radius 3 is 2.53 bits per heavy atom. The topological polar surface area (TPSA) is 58.4 Å². The third kappa shape index (κ3) is 4.46. The van der Waals surface area contributed by atoms with Crippen molar-refractivity contribution < 1.29 is 4.79 Å². The summed E-state index contributed by atoms with van der Waals surface area (Å²) >= 11 is 0. The number of hydrogen-bond donors (Lipinski definition) is 2. The van der Waals surface area contributed by atoms with Gasteiger partial charge in [-0.25, -0.2) is 0 Å². The van der Waals surface area contributed by atoms with E-state index in [2.05, 4.69) is 12.2 Å². The molecule has 2 saturated heterocycles. The maximum absolute atomic E-state index is 12.3. The van der Waals surface area contributed by atoms with Crippen LogP contribution in [0.15, 0.2) is 0 Å². The number of carbonyl (C=O) groups is 1. The summed E-state index contributed by atoms with van der Waals surface area (Å²) in [4.78, 5) is 14.2. The van der Waals surface area contributed by atoms with Crippen LogP contribution in [-0.2, 0) is 4.79 Å². The molecule has 19 heavy (non-hydrogen) atoms. The van der Waals surface area contributed by atoms with Crippen LogP contribution in [0.1, 0.15) is 45.4 Å². The van der Waals surface area contributed by atoms with Gasteiger partial charge in [-0.2, -0.15) is 0 Å². The molecular formula is C15H29N3O. The third-order valence-electron chi connectivity index (χ3n) is 4.76. The zero-order valence-electron chi connectivity index (χ0n) is 12.2. The lowest BCUT2D eigenvalue weighted by atomic mass is 9.91. The highest BCUT2D eigenvalue weighted by Crippen LogP contribution is 2.20. The predicted octanol–water partition coefficient (Wildman–Crippen LogP) is 1.35. The molecule has 1 unspecified atom stereocenters. The summed E-state index contributed by atoms with van der Waals surface area (Å²) < 4.78 is 0. The summed E-state index contributed by atoms with van der Waals surface area (Å²) in [5.41, 5.74) is 6.09. The number of nitrogens with one attached hydrogen (secondary N) is 1. The Bertz CT molecular complexity index is 281. The van der Waals surface area contributed by atoms with Crippen molar-refractivity contribution in [2.75, 3.05) is 26.2 Å². The fraction of sp³-hybridized carbons (Fsp3) is 0.933. The van der Waals surface area contributed by atoms with Crippen molar-refractivity contribution in [3.05, 3.63) is 0 Å². The zero-order valence-corrected chi connectivity index (χ0v) is 12.2. The predicted molar refractivity (Wildman–Crippen MR) is 77.8 cm³/mol. The molecule has 2 aliphatic rings. The van der Waals surface area contributed by atoms with E-state index >= 15 is 0 Å². The first kappa shape index (κ1) is 14.8. The Morgan fingerprint density at radius 2 is 1.89 bits per heavy atom. The van der Waals surface area contributed by atoms with Crippen LogP contribution in [0.4, 0.5) is 0 Å². The van der Waals surface area contributed by atoms with Gasteiger partial charge in [-0.15, -0.1) is 0 Å². The van der Waals surface area contributed by atoms with E-state index in [-0.39, 0.29) is 11.9 Å². The quantitative estimate of drug-likeness (QED) is 0.808. The first-order valence-corrected chi connectivity index (χ1v) is 7.92. The molecule has 1 atom stereocenters. The second-order valence-electron chi connectivity index (χ2n) is 6.39. The van der Waals surface area contributed by atoms with E-state index < -0.39 is 0 Å². The molecule has 0 aromatic rings. The molecule has 2 fully saturated rings. The van der Waals surface area contributed by atoms with Crippen LogP contribution in [0.25, 0.3) is 0 Å². The van der Waals surface area contributed by atoms with E-state index in [9.17, 15) is 4.79 Å². The van der Waals surface area contributed by atoms with Crippen molar-refractivity contribution in [1.29, 1.82) is 0 Å². The van der Waals surface area contributed by atoms with Crippen molar-refractivity contribution in [3.8, 4) is 0 Å². The maximum Gasteiger partial charge on any atom is 0.239 e. The van der Waals surface area contributed by atoms with E-state index in [1.54, 1.807) is 0 Å². The summed E-state index contributed by atoms with van der Waals surface area (Å²) in [5.74, 6) is 1.71. The molecule has 0 aromatic heterocycles. The monoisotopic (exact) mass is 267 g/mol.